The Morgan fingerprint density at radius 3 is 2.27 bits per heavy atom. The second-order valence-electron chi connectivity index (χ2n) is 7.26. The van der Waals surface area contributed by atoms with Gasteiger partial charge in [0, 0.05) is 5.56 Å². The average molecular weight is 398 g/mol. The maximum Gasteiger partial charge on any atom is 0.257 e. The molecule has 0 unspecified atom stereocenters. The van der Waals surface area contributed by atoms with Gasteiger partial charge in [-0.15, -0.1) is 12.4 Å². The summed E-state index contributed by atoms with van der Waals surface area (Å²) in [6.07, 6.45) is 7.39. The van der Waals surface area contributed by atoms with Crippen molar-refractivity contribution in [3.05, 3.63) is 30.1 Å². The molecule has 1 aromatic carbocycles. The molecular weight excluding hydrogens is 374 g/mol. The maximum absolute atomic E-state index is 12.6. The highest BCUT2D eigenvalue weighted by molar-refractivity contribution is 7.92. The van der Waals surface area contributed by atoms with Gasteiger partial charge in [0.1, 0.15) is 0 Å². The number of rotatable bonds is 4. The number of halogens is 1. The van der Waals surface area contributed by atoms with Crippen LogP contribution < -0.4 is 5.73 Å². The molecule has 26 heavy (non-hydrogen) atoms. The smallest absolute Gasteiger partial charge is 0.257 e. The zero-order valence-corrected chi connectivity index (χ0v) is 16.2. The Hall–Kier alpha value is -1.44. The molecule has 2 saturated carbocycles. The van der Waals surface area contributed by atoms with Crippen LogP contribution in [0.15, 0.2) is 33.7 Å². The van der Waals surface area contributed by atoms with Crippen molar-refractivity contribution in [2.24, 2.45) is 5.73 Å². The van der Waals surface area contributed by atoms with Gasteiger partial charge in [-0.1, -0.05) is 30.8 Å². The van der Waals surface area contributed by atoms with E-state index in [1.54, 1.807) is 24.3 Å². The molecule has 0 bridgehead atoms. The summed E-state index contributed by atoms with van der Waals surface area (Å²) in [5.74, 6) is 0.930. The summed E-state index contributed by atoms with van der Waals surface area (Å²) in [6, 6.07) is 6.75. The molecule has 2 aromatic rings. The Morgan fingerprint density at radius 2 is 1.65 bits per heavy atom. The standard InChI is InChI=1S/C18H23N3O3S.ClH/c19-18(11-3-4-12-18)17-20-16(24-21-17)13-7-9-15(10-8-13)25(22,23)14-5-1-2-6-14;/h7-10,14H,1-6,11-12,19H2;1H. The van der Waals surface area contributed by atoms with Crippen molar-refractivity contribution in [1.29, 1.82) is 0 Å². The van der Waals surface area contributed by atoms with Gasteiger partial charge in [-0.05, 0) is 49.9 Å². The van der Waals surface area contributed by atoms with Crippen molar-refractivity contribution in [3.63, 3.8) is 0 Å². The van der Waals surface area contributed by atoms with Crippen molar-refractivity contribution in [2.45, 2.75) is 67.1 Å². The highest BCUT2D eigenvalue weighted by Gasteiger charge is 2.36. The summed E-state index contributed by atoms with van der Waals surface area (Å²) in [7, 11) is -3.24. The predicted molar refractivity (Wildman–Crippen MR) is 101 cm³/mol. The molecule has 0 atom stereocenters. The Balaban J connectivity index is 0.00000196. The Labute approximate surface area is 159 Å². The fourth-order valence-corrected chi connectivity index (χ4v) is 5.81. The second kappa shape index (κ2) is 7.29. The second-order valence-corrected chi connectivity index (χ2v) is 9.49. The van der Waals surface area contributed by atoms with Crippen LogP contribution in [0.3, 0.4) is 0 Å². The van der Waals surface area contributed by atoms with Gasteiger partial charge in [-0.3, -0.25) is 0 Å². The minimum Gasteiger partial charge on any atom is -0.334 e. The average Bonchev–Trinajstić information content (AvgIpc) is 3.36. The van der Waals surface area contributed by atoms with E-state index in [1.165, 1.54) is 0 Å². The van der Waals surface area contributed by atoms with Gasteiger partial charge in [0.25, 0.3) is 5.89 Å². The van der Waals surface area contributed by atoms with Gasteiger partial charge in [-0.25, -0.2) is 8.42 Å². The zero-order valence-electron chi connectivity index (χ0n) is 14.6. The number of benzene rings is 1. The third-order valence-electron chi connectivity index (χ3n) is 5.54. The van der Waals surface area contributed by atoms with Crippen molar-refractivity contribution < 1.29 is 12.9 Å². The van der Waals surface area contributed by atoms with Crippen LogP contribution in [-0.2, 0) is 15.4 Å². The number of nitrogens with zero attached hydrogens (tertiary/aromatic N) is 2. The Bertz CT molecular complexity index is 852. The molecule has 1 heterocycles. The molecule has 0 amide bonds. The topological polar surface area (TPSA) is 99.1 Å². The minimum atomic E-state index is -3.24. The van der Waals surface area contributed by atoms with Crippen LogP contribution >= 0.6 is 12.4 Å². The summed E-state index contributed by atoms with van der Waals surface area (Å²) < 4.78 is 30.6. The van der Waals surface area contributed by atoms with E-state index >= 15 is 0 Å². The van der Waals surface area contributed by atoms with Crippen LogP contribution in [0.25, 0.3) is 11.5 Å². The van der Waals surface area contributed by atoms with E-state index in [0.29, 0.717) is 22.2 Å². The van der Waals surface area contributed by atoms with Crippen LogP contribution in [0.1, 0.15) is 57.2 Å². The quantitative estimate of drug-likeness (QED) is 0.845. The molecular formula is C18H24ClN3O3S. The molecule has 6 nitrogen and oxygen atoms in total. The highest BCUT2D eigenvalue weighted by Crippen LogP contribution is 2.36. The van der Waals surface area contributed by atoms with Gasteiger partial charge in [0.15, 0.2) is 15.7 Å². The van der Waals surface area contributed by atoms with Gasteiger partial charge in [-0.2, -0.15) is 4.98 Å². The van der Waals surface area contributed by atoms with E-state index in [-0.39, 0.29) is 17.7 Å². The molecule has 2 N–H and O–H groups in total. The van der Waals surface area contributed by atoms with Gasteiger partial charge < -0.3 is 10.3 Å². The van der Waals surface area contributed by atoms with E-state index in [0.717, 1.165) is 51.4 Å². The first-order valence-corrected chi connectivity index (χ1v) is 10.5. The van der Waals surface area contributed by atoms with Crippen LogP contribution in [0.2, 0.25) is 0 Å². The molecule has 8 heteroatoms. The predicted octanol–water partition coefficient (Wildman–Crippen LogP) is 3.60. The lowest BCUT2D eigenvalue weighted by atomic mass is 9.99. The summed E-state index contributed by atoms with van der Waals surface area (Å²) in [5.41, 5.74) is 6.58. The SMILES string of the molecule is Cl.NC1(c2noc(-c3ccc(S(=O)(=O)C4CCCC4)cc3)n2)CCCC1. The largest absolute Gasteiger partial charge is 0.334 e. The first-order valence-electron chi connectivity index (χ1n) is 8.96. The number of nitrogens with two attached hydrogens (primary N) is 1. The summed E-state index contributed by atoms with van der Waals surface area (Å²) in [4.78, 5) is 4.82. The third-order valence-corrected chi connectivity index (χ3v) is 7.82. The molecule has 2 aliphatic carbocycles. The summed E-state index contributed by atoms with van der Waals surface area (Å²) >= 11 is 0. The van der Waals surface area contributed by atoms with E-state index in [2.05, 4.69) is 10.1 Å². The van der Waals surface area contributed by atoms with Gasteiger partial charge in [0.2, 0.25) is 0 Å². The van der Waals surface area contributed by atoms with Crippen LogP contribution in [0.5, 0.6) is 0 Å². The first-order chi connectivity index (χ1) is 12.0. The van der Waals surface area contributed by atoms with Gasteiger partial charge >= 0.3 is 0 Å². The van der Waals surface area contributed by atoms with Crippen LogP contribution in [-0.4, -0.2) is 23.8 Å². The van der Waals surface area contributed by atoms with E-state index in [4.69, 9.17) is 10.3 Å². The van der Waals surface area contributed by atoms with Crippen molar-refractivity contribution >= 4 is 22.2 Å². The molecule has 0 radical (unpaired) electrons. The molecule has 4 rings (SSSR count). The van der Waals surface area contributed by atoms with E-state index in [1.807, 2.05) is 0 Å². The third kappa shape index (κ3) is 3.40. The molecule has 2 fully saturated rings. The lowest BCUT2D eigenvalue weighted by Crippen LogP contribution is -2.34. The highest BCUT2D eigenvalue weighted by atomic mass is 35.5. The zero-order chi connectivity index (χ0) is 17.5. The van der Waals surface area contributed by atoms with E-state index < -0.39 is 15.4 Å². The van der Waals surface area contributed by atoms with Crippen LogP contribution in [0, 0.1) is 0 Å². The fraction of sp³-hybridized carbons (Fsp3) is 0.556. The Kier molecular flexibility index (Phi) is 5.42. The minimum absolute atomic E-state index is 0. The number of sulfone groups is 1. The molecule has 2 aliphatic rings. The molecule has 142 valence electrons. The molecule has 0 aliphatic heterocycles. The fourth-order valence-electron chi connectivity index (χ4n) is 3.95. The van der Waals surface area contributed by atoms with Crippen LogP contribution in [0.4, 0.5) is 0 Å². The monoisotopic (exact) mass is 397 g/mol. The number of aromatic nitrogens is 2. The maximum atomic E-state index is 12.6. The summed E-state index contributed by atoms with van der Waals surface area (Å²) in [5, 5.41) is 3.81. The van der Waals surface area contributed by atoms with Gasteiger partial charge in [0.05, 0.1) is 15.7 Å². The number of hydrogen-bond acceptors (Lipinski definition) is 6. The lowest BCUT2D eigenvalue weighted by molar-refractivity contribution is 0.372. The van der Waals surface area contributed by atoms with Crippen molar-refractivity contribution in [2.75, 3.05) is 0 Å². The molecule has 0 saturated heterocycles. The lowest BCUT2D eigenvalue weighted by Gasteiger charge is -2.17. The Morgan fingerprint density at radius 1 is 1.04 bits per heavy atom. The molecule has 0 spiro atoms. The normalized spacial score (nSPS) is 20.2. The number of hydrogen-bond donors (Lipinski definition) is 1. The van der Waals surface area contributed by atoms with Crippen molar-refractivity contribution in [3.8, 4) is 11.5 Å². The first kappa shape index (κ1) is 19.3. The van der Waals surface area contributed by atoms with Crippen molar-refractivity contribution in [1.82, 2.24) is 10.1 Å². The van der Waals surface area contributed by atoms with E-state index in [9.17, 15) is 8.42 Å². The summed E-state index contributed by atoms with van der Waals surface area (Å²) in [6.45, 7) is 0. The molecule has 1 aromatic heterocycles.